The maximum Gasteiger partial charge on any atom is 0.276 e. The van der Waals surface area contributed by atoms with Gasteiger partial charge in [0.1, 0.15) is 10.4 Å². The van der Waals surface area contributed by atoms with E-state index < -0.39 is 0 Å². The quantitative estimate of drug-likeness (QED) is 0.290. The number of benzene rings is 2. The molecule has 0 saturated carbocycles. The number of hydrogen-bond acceptors (Lipinski definition) is 6. The summed E-state index contributed by atoms with van der Waals surface area (Å²) >= 11 is 8.62. The molecule has 1 amide bonds. The van der Waals surface area contributed by atoms with Gasteiger partial charge in [0.25, 0.3) is 5.56 Å². The normalized spacial score (nSPS) is 11.0. The maximum absolute atomic E-state index is 13.3. The van der Waals surface area contributed by atoms with Crippen molar-refractivity contribution in [3.8, 4) is 11.4 Å². The van der Waals surface area contributed by atoms with E-state index >= 15 is 0 Å². The lowest BCUT2D eigenvalue weighted by Gasteiger charge is -2.15. The Balaban J connectivity index is 1.67. The summed E-state index contributed by atoms with van der Waals surface area (Å²) in [5.74, 6) is 0.309. The molecule has 4 aromatic rings. The SMILES string of the molecule is COc1ccc(Cl)cc1NC(=O)CSc1nc2ccsc2c(=O)n1-c1cc(C)ccc1C. The number of aromatic nitrogens is 2. The van der Waals surface area contributed by atoms with Gasteiger partial charge in [-0.15, -0.1) is 11.3 Å². The molecule has 0 aliphatic carbocycles. The van der Waals surface area contributed by atoms with Crippen molar-refractivity contribution in [3.05, 3.63) is 74.3 Å². The number of carbonyl (C=O) groups excluding carboxylic acids is 1. The summed E-state index contributed by atoms with van der Waals surface area (Å²) in [5.41, 5.74) is 3.71. The zero-order valence-corrected chi connectivity index (χ0v) is 20.0. The second-order valence-electron chi connectivity index (χ2n) is 7.14. The van der Waals surface area contributed by atoms with Gasteiger partial charge >= 0.3 is 0 Å². The van der Waals surface area contributed by atoms with E-state index in [-0.39, 0.29) is 17.2 Å². The Bertz CT molecular complexity index is 1380. The summed E-state index contributed by atoms with van der Waals surface area (Å²) in [6.45, 7) is 3.93. The number of amides is 1. The van der Waals surface area contributed by atoms with E-state index in [1.54, 1.807) is 22.8 Å². The Hall–Kier alpha value is -2.81. The molecule has 9 heteroatoms. The minimum atomic E-state index is -0.261. The van der Waals surface area contributed by atoms with Gasteiger partial charge < -0.3 is 10.1 Å². The first-order chi connectivity index (χ1) is 15.4. The number of halogens is 1. The zero-order chi connectivity index (χ0) is 22.8. The molecule has 0 saturated heterocycles. The lowest BCUT2D eigenvalue weighted by molar-refractivity contribution is -0.113. The van der Waals surface area contributed by atoms with Crippen molar-refractivity contribution in [3.63, 3.8) is 0 Å². The number of aryl methyl sites for hydroxylation is 2. The highest BCUT2D eigenvalue weighted by atomic mass is 35.5. The fraction of sp³-hybridized carbons (Fsp3) is 0.174. The Morgan fingerprint density at radius 3 is 2.81 bits per heavy atom. The van der Waals surface area contributed by atoms with Crippen molar-refractivity contribution in [2.45, 2.75) is 19.0 Å². The average Bonchev–Trinajstić information content (AvgIpc) is 3.23. The highest BCUT2D eigenvalue weighted by molar-refractivity contribution is 7.99. The predicted octanol–water partition coefficient (Wildman–Crippen LogP) is 5.46. The van der Waals surface area contributed by atoms with Crippen LogP contribution in [0.3, 0.4) is 0 Å². The summed E-state index contributed by atoms with van der Waals surface area (Å²) in [7, 11) is 1.52. The number of nitrogens with zero attached hydrogens (tertiary/aromatic N) is 2. The number of methoxy groups -OCH3 is 1. The number of anilines is 1. The third-order valence-electron chi connectivity index (χ3n) is 4.82. The van der Waals surface area contributed by atoms with Crippen molar-refractivity contribution in [1.29, 1.82) is 0 Å². The molecule has 0 aliphatic heterocycles. The van der Waals surface area contributed by atoms with Gasteiger partial charge in [-0.05, 0) is 60.7 Å². The first-order valence-corrected chi connectivity index (χ1v) is 12.0. The van der Waals surface area contributed by atoms with Crippen LogP contribution in [0.5, 0.6) is 5.75 Å². The van der Waals surface area contributed by atoms with Crippen molar-refractivity contribution < 1.29 is 9.53 Å². The minimum Gasteiger partial charge on any atom is -0.495 e. The second-order valence-corrected chi connectivity index (χ2v) is 9.44. The molecule has 4 rings (SSSR count). The van der Waals surface area contributed by atoms with Crippen LogP contribution in [-0.2, 0) is 4.79 Å². The van der Waals surface area contributed by atoms with Crippen LogP contribution in [0.1, 0.15) is 11.1 Å². The van der Waals surface area contributed by atoms with E-state index in [1.165, 1.54) is 30.2 Å². The van der Waals surface area contributed by atoms with E-state index in [0.717, 1.165) is 16.8 Å². The Morgan fingerprint density at radius 1 is 1.22 bits per heavy atom. The van der Waals surface area contributed by atoms with Crippen molar-refractivity contribution >= 4 is 56.5 Å². The van der Waals surface area contributed by atoms with Crippen LogP contribution in [0.15, 0.2) is 57.8 Å². The Morgan fingerprint density at radius 2 is 2.03 bits per heavy atom. The van der Waals surface area contributed by atoms with Gasteiger partial charge in [0, 0.05) is 5.02 Å². The maximum atomic E-state index is 13.3. The molecule has 0 aliphatic rings. The molecule has 6 nitrogen and oxygen atoms in total. The number of nitrogens with one attached hydrogen (secondary N) is 1. The number of ether oxygens (including phenoxy) is 1. The van der Waals surface area contributed by atoms with Crippen molar-refractivity contribution in [2.24, 2.45) is 0 Å². The third-order valence-corrected chi connectivity index (χ3v) is 6.89. The Kier molecular flexibility index (Phi) is 6.55. The molecule has 0 radical (unpaired) electrons. The third kappa shape index (κ3) is 4.53. The van der Waals surface area contributed by atoms with E-state index in [4.69, 9.17) is 16.3 Å². The molecule has 2 heterocycles. The molecule has 0 fully saturated rings. The standard InChI is InChI=1S/C23H20ClN3O3S2/c1-13-4-5-14(2)18(10-13)27-22(29)21-16(8-9-31-21)26-23(27)32-12-20(28)25-17-11-15(24)6-7-19(17)30-3/h4-11H,12H2,1-3H3,(H,25,28). The highest BCUT2D eigenvalue weighted by Crippen LogP contribution is 2.29. The number of thioether (sulfide) groups is 1. The van der Waals surface area contributed by atoms with Gasteiger partial charge in [-0.25, -0.2) is 4.98 Å². The fourth-order valence-electron chi connectivity index (χ4n) is 3.26. The smallest absolute Gasteiger partial charge is 0.276 e. The van der Waals surface area contributed by atoms with Crippen LogP contribution < -0.4 is 15.6 Å². The summed E-state index contributed by atoms with van der Waals surface area (Å²) < 4.78 is 7.47. The fourth-order valence-corrected chi connectivity index (χ4v) is 4.99. The number of thiophene rings is 1. The summed E-state index contributed by atoms with van der Waals surface area (Å²) in [6, 6.07) is 12.8. The first kappa shape index (κ1) is 22.4. The van der Waals surface area contributed by atoms with E-state index in [9.17, 15) is 9.59 Å². The summed E-state index contributed by atoms with van der Waals surface area (Å²) in [6.07, 6.45) is 0. The van der Waals surface area contributed by atoms with E-state index in [2.05, 4.69) is 10.3 Å². The van der Waals surface area contributed by atoms with Crippen molar-refractivity contribution in [1.82, 2.24) is 9.55 Å². The number of hydrogen-bond donors (Lipinski definition) is 1. The first-order valence-electron chi connectivity index (χ1n) is 9.71. The lowest BCUT2D eigenvalue weighted by atomic mass is 10.1. The van der Waals surface area contributed by atoms with Gasteiger partial charge in [-0.1, -0.05) is 35.5 Å². The molecule has 164 valence electrons. The van der Waals surface area contributed by atoms with Crippen LogP contribution in [0, 0.1) is 13.8 Å². The number of carbonyl (C=O) groups is 1. The molecule has 0 atom stereocenters. The van der Waals surface area contributed by atoms with Gasteiger partial charge in [0.15, 0.2) is 5.16 Å². The highest BCUT2D eigenvalue weighted by Gasteiger charge is 2.18. The monoisotopic (exact) mass is 485 g/mol. The molecule has 0 spiro atoms. The van der Waals surface area contributed by atoms with Crippen molar-refractivity contribution in [2.75, 3.05) is 18.2 Å². The number of rotatable bonds is 6. The molecular formula is C23H20ClN3O3S2. The van der Waals surface area contributed by atoms with Crippen LogP contribution in [0.2, 0.25) is 5.02 Å². The number of fused-ring (bicyclic) bond motifs is 1. The zero-order valence-electron chi connectivity index (χ0n) is 17.6. The molecular weight excluding hydrogens is 466 g/mol. The topological polar surface area (TPSA) is 73.2 Å². The molecule has 0 bridgehead atoms. The van der Waals surface area contributed by atoms with Gasteiger partial charge in [0.05, 0.1) is 29.8 Å². The second kappa shape index (κ2) is 9.36. The molecule has 2 aromatic carbocycles. The van der Waals surface area contributed by atoms with Crippen LogP contribution in [0.25, 0.3) is 15.9 Å². The summed E-state index contributed by atoms with van der Waals surface area (Å²) in [5, 5.41) is 5.61. The van der Waals surface area contributed by atoms with Crippen LogP contribution in [0.4, 0.5) is 5.69 Å². The lowest BCUT2D eigenvalue weighted by Crippen LogP contribution is -2.23. The van der Waals surface area contributed by atoms with Gasteiger partial charge in [-0.3, -0.25) is 14.2 Å². The van der Waals surface area contributed by atoms with Gasteiger partial charge in [0.2, 0.25) is 5.91 Å². The molecule has 1 N–H and O–H groups in total. The van der Waals surface area contributed by atoms with E-state index in [1.807, 2.05) is 43.5 Å². The molecule has 2 aromatic heterocycles. The van der Waals surface area contributed by atoms with E-state index in [0.29, 0.717) is 31.8 Å². The minimum absolute atomic E-state index is 0.0581. The average molecular weight is 486 g/mol. The molecule has 0 unspecified atom stereocenters. The Labute approximate surface area is 198 Å². The predicted molar refractivity (Wildman–Crippen MR) is 132 cm³/mol. The largest absolute Gasteiger partial charge is 0.495 e. The molecule has 32 heavy (non-hydrogen) atoms. The van der Waals surface area contributed by atoms with Gasteiger partial charge in [-0.2, -0.15) is 0 Å². The van der Waals surface area contributed by atoms with Crippen LogP contribution >= 0.6 is 34.7 Å². The van der Waals surface area contributed by atoms with Crippen LogP contribution in [-0.4, -0.2) is 28.3 Å². The summed E-state index contributed by atoms with van der Waals surface area (Å²) in [4.78, 5) is 30.7.